The number of urea groups is 1. The fraction of sp³-hybridized carbons (Fsp3) is 0.818. The Morgan fingerprint density at radius 3 is 2.50 bits per heavy atom. The van der Waals surface area contributed by atoms with E-state index in [0.29, 0.717) is 13.0 Å². The third-order valence-corrected chi connectivity index (χ3v) is 3.46. The number of carbonyl (C=O) groups excluding carboxylic acids is 1. The van der Waals surface area contributed by atoms with Crippen LogP contribution in [0.2, 0.25) is 0 Å². The summed E-state index contributed by atoms with van der Waals surface area (Å²) in [5.41, 5.74) is 0.0119. The van der Waals surface area contributed by atoms with Crippen LogP contribution in [0.5, 0.6) is 0 Å². The highest BCUT2D eigenvalue weighted by atomic mass is 16.4. The minimum absolute atomic E-state index is 0.0119. The van der Waals surface area contributed by atoms with Gasteiger partial charge in [-0.1, -0.05) is 20.8 Å². The topological polar surface area (TPSA) is 69.6 Å². The van der Waals surface area contributed by atoms with Gasteiger partial charge in [0.15, 0.2) is 0 Å². The number of nitrogens with one attached hydrogen (secondary N) is 1. The van der Waals surface area contributed by atoms with Gasteiger partial charge in [-0.05, 0) is 11.8 Å². The smallest absolute Gasteiger partial charge is 0.318 e. The molecule has 1 saturated carbocycles. The molecule has 0 aromatic heterocycles. The van der Waals surface area contributed by atoms with Crippen molar-refractivity contribution in [2.45, 2.75) is 39.3 Å². The Morgan fingerprint density at radius 2 is 2.12 bits per heavy atom. The van der Waals surface area contributed by atoms with Crippen molar-refractivity contribution in [2.24, 2.45) is 11.3 Å². The van der Waals surface area contributed by atoms with Crippen molar-refractivity contribution in [1.29, 1.82) is 0 Å². The SMILES string of the molecule is CC(C)(C)C1CN(C2CC2C(=O)O)C(=O)N1. The number of aliphatic carboxylic acids is 1. The van der Waals surface area contributed by atoms with E-state index in [0.717, 1.165) is 0 Å². The minimum atomic E-state index is -0.794. The molecule has 1 saturated heterocycles. The highest BCUT2D eigenvalue weighted by molar-refractivity contribution is 5.81. The van der Waals surface area contributed by atoms with Crippen LogP contribution in [0.4, 0.5) is 4.79 Å². The highest BCUT2D eigenvalue weighted by Gasteiger charge is 2.52. The lowest BCUT2D eigenvalue weighted by molar-refractivity contribution is -0.138. The number of amides is 2. The number of carbonyl (C=O) groups is 2. The zero-order chi connectivity index (χ0) is 12.1. The summed E-state index contributed by atoms with van der Waals surface area (Å²) in [5, 5.41) is 11.8. The fourth-order valence-electron chi connectivity index (χ4n) is 2.13. The summed E-state index contributed by atoms with van der Waals surface area (Å²) in [4.78, 5) is 24.1. The number of nitrogens with zero attached hydrogens (tertiary/aromatic N) is 1. The predicted molar refractivity (Wildman–Crippen MR) is 58.0 cm³/mol. The largest absolute Gasteiger partial charge is 0.481 e. The Bertz CT molecular complexity index is 335. The van der Waals surface area contributed by atoms with E-state index in [2.05, 4.69) is 26.1 Å². The zero-order valence-electron chi connectivity index (χ0n) is 9.86. The lowest BCUT2D eigenvalue weighted by Crippen LogP contribution is -2.38. The molecule has 2 N–H and O–H groups in total. The Morgan fingerprint density at radius 1 is 1.50 bits per heavy atom. The van der Waals surface area contributed by atoms with E-state index >= 15 is 0 Å². The molecule has 5 nitrogen and oxygen atoms in total. The lowest BCUT2D eigenvalue weighted by Gasteiger charge is -2.26. The first-order chi connectivity index (χ1) is 7.30. The lowest BCUT2D eigenvalue weighted by atomic mass is 9.87. The standard InChI is InChI=1S/C11H18N2O3/c1-11(2,3)8-5-13(10(16)12-8)7-4-6(7)9(14)15/h6-8H,4-5H2,1-3H3,(H,12,16)(H,14,15). The summed E-state index contributed by atoms with van der Waals surface area (Å²) in [6.07, 6.45) is 0.597. The van der Waals surface area contributed by atoms with E-state index in [1.54, 1.807) is 4.90 Å². The van der Waals surface area contributed by atoms with Gasteiger partial charge in [-0.3, -0.25) is 4.79 Å². The quantitative estimate of drug-likeness (QED) is 0.735. The van der Waals surface area contributed by atoms with Crippen molar-refractivity contribution in [1.82, 2.24) is 10.2 Å². The number of rotatable bonds is 2. The van der Waals surface area contributed by atoms with Crippen molar-refractivity contribution in [3.63, 3.8) is 0 Å². The van der Waals surface area contributed by atoms with Crippen molar-refractivity contribution in [3.05, 3.63) is 0 Å². The maximum Gasteiger partial charge on any atom is 0.318 e. The zero-order valence-corrected chi connectivity index (χ0v) is 9.86. The molecule has 2 fully saturated rings. The molecule has 0 radical (unpaired) electrons. The molecule has 2 amide bonds. The van der Waals surface area contributed by atoms with Crippen LogP contribution in [0.3, 0.4) is 0 Å². The molecule has 0 aromatic rings. The normalized spacial score (nSPS) is 33.8. The van der Waals surface area contributed by atoms with Gasteiger partial charge in [0.05, 0.1) is 12.0 Å². The van der Waals surface area contributed by atoms with Gasteiger partial charge in [0.1, 0.15) is 0 Å². The average Bonchev–Trinajstić information content (AvgIpc) is 2.82. The highest BCUT2D eigenvalue weighted by Crippen LogP contribution is 2.38. The second-order valence-corrected chi connectivity index (χ2v) is 5.77. The Kier molecular flexibility index (Phi) is 2.36. The van der Waals surface area contributed by atoms with Crippen LogP contribution >= 0.6 is 0 Å². The molecule has 2 aliphatic rings. The van der Waals surface area contributed by atoms with E-state index in [1.807, 2.05) is 0 Å². The van der Waals surface area contributed by atoms with Gasteiger partial charge in [-0.25, -0.2) is 4.79 Å². The minimum Gasteiger partial charge on any atom is -0.481 e. The summed E-state index contributed by atoms with van der Waals surface area (Å²) in [6.45, 7) is 6.84. The fourth-order valence-corrected chi connectivity index (χ4v) is 2.13. The van der Waals surface area contributed by atoms with E-state index in [4.69, 9.17) is 5.11 Å². The first-order valence-corrected chi connectivity index (χ1v) is 5.60. The third-order valence-electron chi connectivity index (χ3n) is 3.46. The van der Waals surface area contributed by atoms with Gasteiger partial charge in [-0.2, -0.15) is 0 Å². The summed E-state index contributed by atoms with van der Waals surface area (Å²) < 4.78 is 0. The number of hydrogen-bond donors (Lipinski definition) is 2. The van der Waals surface area contributed by atoms with Gasteiger partial charge < -0.3 is 15.3 Å². The van der Waals surface area contributed by atoms with E-state index in [9.17, 15) is 9.59 Å². The van der Waals surface area contributed by atoms with Crippen LogP contribution in [0, 0.1) is 11.3 Å². The molecule has 2 rings (SSSR count). The molecule has 1 aliphatic heterocycles. The Labute approximate surface area is 94.8 Å². The van der Waals surface area contributed by atoms with Crippen molar-refractivity contribution in [2.75, 3.05) is 6.54 Å². The van der Waals surface area contributed by atoms with E-state index in [1.165, 1.54) is 0 Å². The summed E-state index contributed by atoms with van der Waals surface area (Å²) >= 11 is 0. The van der Waals surface area contributed by atoms with Crippen LogP contribution in [0.15, 0.2) is 0 Å². The Hall–Kier alpha value is -1.26. The average molecular weight is 226 g/mol. The summed E-state index contributed by atoms with van der Waals surface area (Å²) in [6, 6.07) is -0.103. The Balaban J connectivity index is 1.99. The molecule has 0 bridgehead atoms. The van der Waals surface area contributed by atoms with Crippen molar-refractivity contribution >= 4 is 12.0 Å². The number of carboxylic acids is 1. The van der Waals surface area contributed by atoms with Gasteiger partial charge in [0.2, 0.25) is 0 Å². The summed E-state index contributed by atoms with van der Waals surface area (Å²) in [5.74, 6) is -1.15. The maximum atomic E-state index is 11.7. The molecule has 1 aliphatic carbocycles. The van der Waals surface area contributed by atoms with Crippen LogP contribution in [0.25, 0.3) is 0 Å². The first-order valence-electron chi connectivity index (χ1n) is 5.60. The van der Waals surface area contributed by atoms with Crippen LogP contribution < -0.4 is 5.32 Å². The van der Waals surface area contributed by atoms with Crippen molar-refractivity contribution in [3.8, 4) is 0 Å². The molecular weight excluding hydrogens is 208 g/mol. The molecule has 0 aromatic carbocycles. The van der Waals surface area contributed by atoms with Gasteiger partial charge >= 0.3 is 12.0 Å². The maximum absolute atomic E-state index is 11.7. The van der Waals surface area contributed by atoms with E-state index in [-0.39, 0.29) is 29.4 Å². The first kappa shape index (κ1) is 11.2. The molecule has 3 unspecified atom stereocenters. The van der Waals surface area contributed by atoms with Gasteiger partial charge in [-0.15, -0.1) is 0 Å². The molecule has 0 spiro atoms. The van der Waals surface area contributed by atoms with Crippen LogP contribution in [0.1, 0.15) is 27.2 Å². The molecule has 3 atom stereocenters. The van der Waals surface area contributed by atoms with Crippen LogP contribution in [-0.2, 0) is 4.79 Å². The van der Waals surface area contributed by atoms with E-state index < -0.39 is 5.97 Å². The molecular formula is C11H18N2O3. The molecule has 16 heavy (non-hydrogen) atoms. The predicted octanol–water partition coefficient (Wildman–Crippen LogP) is 0.899. The molecule has 1 heterocycles. The van der Waals surface area contributed by atoms with Gasteiger partial charge in [0, 0.05) is 12.6 Å². The monoisotopic (exact) mass is 226 g/mol. The van der Waals surface area contributed by atoms with Gasteiger partial charge in [0.25, 0.3) is 0 Å². The second-order valence-electron chi connectivity index (χ2n) is 5.77. The second kappa shape index (κ2) is 3.37. The number of carboxylic acid groups (broad SMARTS) is 1. The van der Waals surface area contributed by atoms with Crippen molar-refractivity contribution < 1.29 is 14.7 Å². The third kappa shape index (κ3) is 1.86. The number of hydrogen-bond acceptors (Lipinski definition) is 2. The molecule has 5 heteroatoms. The molecule has 90 valence electrons. The summed E-state index contributed by atoms with van der Waals surface area (Å²) in [7, 11) is 0. The van der Waals surface area contributed by atoms with Crippen LogP contribution in [-0.4, -0.2) is 40.6 Å².